The summed E-state index contributed by atoms with van der Waals surface area (Å²) in [4.78, 5) is 33.8. The molecule has 0 aliphatic carbocycles. The van der Waals surface area contributed by atoms with E-state index in [4.69, 9.17) is 18.7 Å². The van der Waals surface area contributed by atoms with Crippen molar-refractivity contribution in [3.8, 4) is 17.2 Å². The topological polar surface area (TPSA) is 115 Å². The van der Waals surface area contributed by atoms with Crippen LogP contribution in [0.2, 0.25) is 0 Å². The standard InChI is InChI=1S/C29H34N4O6/c1-5-18-16-25(34)31-32-26(18)20-10-13-23-24(15-20)37-27(30-23)19-8-11-22(12-9-19)36-17-21-7-6-14-33(21)39-28(35)38-29(2,3)4/h8-13,15,18,21H,5-7,14,16-17H2,1-4H3,(H,31,34)/t18?,21-/m1/s1. The molecular formula is C29H34N4O6. The van der Waals surface area contributed by atoms with Crippen LogP contribution in [0.5, 0.6) is 5.75 Å². The summed E-state index contributed by atoms with van der Waals surface area (Å²) in [5, 5.41) is 5.94. The fraction of sp³-hybridized carbons (Fsp3) is 0.448. The van der Waals surface area contributed by atoms with Gasteiger partial charge in [-0.2, -0.15) is 5.10 Å². The van der Waals surface area contributed by atoms with E-state index < -0.39 is 11.8 Å². The maximum Gasteiger partial charge on any atom is 0.528 e. The Morgan fingerprint density at radius 1 is 1.15 bits per heavy atom. The van der Waals surface area contributed by atoms with Crippen LogP contribution in [0.15, 0.2) is 52.0 Å². The first-order valence-electron chi connectivity index (χ1n) is 13.4. The molecule has 0 saturated carbocycles. The molecule has 206 valence electrons. The minimum Gasteiger partial charge on any atom is -0.492 e. The average molecular weight is 535 g/mol. The van der Waals surface area contributed by atoms with Gasteiger partial charge in [0.25, 0.3) is 0 Å². The smallest absolute Gasteiger partial charge is 0.492 e. The molecule has 39 heavy (non-hydrogen) atoms. The van der Waals surface area contributed by atoms with Gasteiger partial charge in [-0.15, -0.1) is 5.06 Å². The van der Waals surface area contributed by atoms with E-state index in [2.05, 4.69) is 22.4 Å². The highest BCUT2D eigenvalue weighted by Crippen LogP contribution is 2.29. The fourth-order valence-electron chi connectivity index (χ4n) is 4.77. The summed E-state index contributed by atoms with van der Waals surface area (Å²) < 4.78 is 17.3. The molecule has 2 aliphatic heterocycles. The van der Waals surface area contributed by atoms with E-state index in [1.54, 1.807) is 25.8 Å². The number of benzene rings is 2. The van der Waals surface area contributed by atoms with Crippen LogP contribution in [-0.4, -0.2) is 52.6 Å². The van der Waals surface area contributed by atoms with Crippen molar-refractivity contribution in [2.75, 3.05) is 13.2 Å². The summed E-state index contributed by atoms with van der Waals surface area (Å²) in [5.74, 6) is 1.22. The first-order chi connectivity index (χ1) is 18.7. The number of hydrazone groups is 1. The molecule has 0 radical (unpaired) electrons. The van der Waals surface area contributed by atoms with Gasteiger partial charge in [0.1, 0.15) is 23.5 Å². The van der Waals surface area contributed by atoms with E-state index in [0.717, 1.165) is 41.6 Å². The second kappa shape index (κ2) is 11.1. The molecule has 3 aromatic rings. The van der Waals surface area contributed by atoms with Crippen LogP contribution in [0.25, 0.3) is 22.6 Å². The molecule has 2 aliphatic rings. The van der Waals surface area contributed by atoms with Crippen LogP contribution >= 0.6 is 0 Å². The molecule has 1 unspecified atom stereocenters. The number of nitrogens with one attached hydrogen (secondary N) is 1. The normalized spacial score (nSPS) is 20.0. The van der Waals surface area contributed by atoms with Crippen LogP contribution in [0, 0.1) is 5.92 Å². The van der Waals surface area contributed by atoms with Crippen LogP contribution in [0.3, 0.4) is 0 Å². The SMILES string of the molecule is CCC1CC(=O)NN=C1c1ccc2nc(-c3ccc(OC[C@H]4CCCN4OC(=O)OC(C)(C)C)cc3)oc2c1. The first-order valence-corrected chi connectivity index (χ1v) is 13.4. The summed E-state index contributed by atoms with van der Waals surface area (Å²) in [6.45, 7) is 8.49. The molecule has 5 rings (SSSR count). The molecular weight excluding hydrogens is 500 g/mol. The Balaban J connectivity index is 1.22. The number of carbonyl (C=O) groups excluding carboxylic acids is 2. The lowest BCUT2D eigenvalue weighted by molar-refractivity contribution is -0.154. The summed E-state index contributed by atoms with van der Waals surface area (Å²) >= 11 is 0. The number of oxazole rings is 1. The molecule has 2 aromatic carbocycles. The Morgan fingerprint density at radius 3 is 2.67 bits per heavy atom. The van der Waals surface area contributed by atoms with Crippen molar-refractivity contribution >= 4 is 28.9 Å². The van der Waals surface area contributed by atoms with Crippen molar-refractivity contribution in [1.82, 2.24) is 15.5 Å². The van der Waals surface area contributed by atoms with Gasteiger partial charge < -0.3 is 18.7 Å². The molecule has 3 heterocycles. The highest BCUT2D eigenvalue weighted by Gasteiger charge is 2.31. The molecule has 1 amide bonds. The van der Waals surface area contributed by atoms with Crippen LogP contribution in [0.1, 0.15) is 58.9 Å². The number of rotatable bonds is 7. The van der Waals surface area contributed by atoms with E-state index in [1.165, 1.54) is 0 Å². The van der Waals surface area contributed by atoms with Gasteiger partial charge in [0.15, 0.2) is 5.58 Å². The number of aromatic nitrogens is 1. The summed E-state index contributed by atoms with van der Waals surface area (Å²) in [5.41, 5.74) is 5.97. The number of hydrogen-bond donors (Lipinski definition) is 1. The molecule has 1 N–H and O–H groups in total. The number of ether oxygens (including phenoxy) is 2. The molecule has 1 saturated heterocycles. The number of amides is 1. The molecule has 0 spiro atoms. The third-order valence-electron chi connectivity index (χ3n) is 6.74. The lowest BCUT2D eigenvalue weighted by Crippen LogP contribution is -2.38. The number of hydrogen-bond acceptors (Lipinski definition) is 9. The summed E-state index contributed by atoms with van der Waals surface area (Å²) in [6, 6.07) is 13.3. The molecule has 2 atom stereocenters. The zero-order valence-electron chi connectivity index (χ0n) is 22.7. The second-order valence-corrected chi connectivity index (χ2v) is 10.9. The van der Waals surface area contributed by atoms with E-state index >= 15 is 0 Å². The molecule has 1 aromatic heterocycles. The number of fused-ring (bicyclic) bond motifs is 1. The first kappa shape index (κ1) is 26.7. The van der Waals surface area contributed by atoms with Gasteiger partial charge in [-0.05, 0) is 76.4 Å². The highest BCUT2D eigenvalue weighted by atomic mass is 16.8. The Hall–Kier alpha value is -3.92. The minimum atomic E-state index is -0.701. The van der Waals surface area contributed by atoms with Crippen molar-refractivity contribution in [1.29, 1.82) is 0 Å². The van der Waals surface area contributed by atoms with E-state index in [1.807, 2.05) is 42.5 Å². The monoisotopic (exact) mass is 534 g/mol. The van der Waals surface area contributed by atoms with E-state index in [0.29, 0.717) is 36.8 Å². The van der Waals surface area contributed by atoms with Crippen LogP contribution in [0.4, 0.5) is 4.79 Å². The maximum absolute atomic E-state index is 12.0. The van der Waals surface area contributed by atoms with E-state index in [-0.39, 0.29) is 17.9 Å². The second-order valence-electron chi connectivity index (χ2n) is 10.9. The summed E-state index contributed by atoms with van der Waals surface area (Å²) in [7, 11) is 0. The van der Waals surface area contributed by atoms with Crippen LogP contribution in [-0.2, 0) is 14.4 Å². The fourth-order valence-corrected chi connectivity index (χ4v) is 4.77. The lowest BCUT2D eigenvalue weighted by Gasteiger charge is -2.25. The Labute approximate surface area is 227 Å². The summed E-state index contributed by atoms with van der Waals surface area (Å²) in [6.07, 6.45) is 2.34. The Morgan fingerprint density at radius 2 is 1.92 bits per heavy atom. The molecule has 0 bridgehead atoms. The van der Waals surface area contributed by atoms with Gasteiger partial charge in [0, 0.05) is 30.0 Å². The zero-order chi connectivity index (χ0) is 27.6. The van der Waals surface area contributed by atoms with Crippen molar-refractivity contribution in [3.63, 3.8) is 0 Å². The van der Waals surface area contributed by atoms with Gasteiger partial charge in [-0.25, -0.2) is 15.2 Å². The Bertz CT molecular complexity index is 1370. The van der Waals surface area contributed by atoms with Crippen molar-refractivity contribution in [3.05, 3.63) is 48.0 Å². The van der Waals surface area contributed by atoms with Crippen molar-refractivity contribution < 1.29 is 28.3 Å². The van der Waals surface area contributed by atoms with Crippen LogP contribution < -0.4 is 10.2 Å². The van der Waals surface area contributed by atoms with Crippen molar-refractivity contribution in [2.45, 2.75) is 65.0 Å². The molecule has 10 nitrogen and oxygen atoms in total. The van der Waals surface area contributed by atoms with Gasteiger partial charge >= 0.3 is 6.16 Å². The molecule has 10 heteroatoms. The number of hydroxylamine groups is 2. The third-order valence-corrected chi connectivity index (χ3v) is 6.74. The van der Waals surface area contributed by atoms with Gasteiger partial charge in [0.05, 0.1) is 11.8 Å². The predicted octanol–water partition coefficient (Wildman–Crippen LogP) is 5.45. The minimum absolute atomic E-state index is 0.0437. The van der Waals surface area contributed by atoms with Gasteiger partial charge in [-0.3, -0.25) is 4.79 Å². The number of nitrogens with zero attached hydrogens (tertiary/aromatic N) is 3. The van der Waals surface area contributed by atoms with Gasteiger partial charge in [-0.1, -0.05) is 13.0 Å². The van der Waals surface area contributed by atoms with Crippen molar-refractivity contribution in [2.24, 2.45) is 11.0 Å². The zero-order valence-corrected chi connectivity index (χ0v) is 22.7. The third kappa shape index (κ3) is 6.39. The van der Waals surface area contributed by atoms with E-state index in [9.17, 15) is 9.59 Å². The average Bonchev–Trinajstić information content (AvgIpc) is 3.52. The highest BCUT2D eigenvalue weighted by molar-refractivity contribution is 6.07. The largest absolute Gasteiger partial charge is 0.528 e. The maximum atomic E-state index is 12.0. The predicted molar refractivity (Wildman–Crippen MR) is 145 cm³/mol. The number of carbonyl (C=O) groups is 2. The lowest BCUT2D eigenvalue weighted by atomic mass is 9.90. The van der Waals surface area contributed by atoms with Gasteiger partial charge in [0.2, 0.25) is 11.8 Å². The molecule has 1 fully saturated rings. The Kier molecular flexibility index (Phi) is 7.56. The quantitative estimate of drug-likeness (QED) is 0.398.